The Labute approximate surface area is 119 Å². The maximum absolute atomic E-state index is 12.2. The summed E-state index contributed by atoms with van der Waals surface area (Å²) in [5.41, 5.74) is 0.832. The van der Waals surface area contributed by atoms with E-state index in [9.17, 15) is 4.79 Å². The van der Waals surface area contributed by atoms with Gasteiger partial charge in [-0.1, -0.05) is 26.0 Å². The summed E-state index contributed by atoms with van der Waals surface area (Å²) >= 11 is 0. The van der Waals surface area contributed by atoms with Crippen molar-refractivity contribution in [2.45, 2.75) is 33.2 Å². The quantitative estimate of drug-likeness (QED) is 0.788. The number of hydrogen-bond acceptors (Lipinski definition) is 3. The molecule has 1 aromatic carbocycles. The largest absolute Gasteiger partial charge is 0.316 e. The van der Waals surface area contributed by atoms with Gasteiger partial charge >= 0.3 is 0 Å². The summed E-state index contributed by atoms with van der Waals surface area (Å²) in [5.74, 6) is 0.683. The van der Waals surface area contributed by atoms with Crippen molar-refractivity contribution in [3.8, 4) is 0 Å². The molecule has 4 nitrogen and oxygen atoms in total. The Morgan fingerprint density at radius 2 is 2.05 bits per heavy atom. The van der Waals surface area contributed by atoms with Crippen LogP contribution in [0.3, 0.4) is 0 Å². The van der Waals surface area contributed by atoms with Crippen molar-refractivity contribution in [2.75, 3.05) is 13.1 Å². The summed E-state index contributed by atoms with van der Waals surface area (Å²) in [5, 5.41) is 4.11. The molecule has 0 amide bonds. The minimum atomic E-state index is 0.0609. The third kappa shape index (κ3) is 3.90. The average molecular weight is 273 g/mol. The van der Waals surface area contributed by atoms with Crippen LogP contribution >= 0.6 is 0 Å². The van der Waals surface area contributed by atoms with Crippen LogP contribution in [0.25, 0.3) is 10.9 Å². The molecule has 2 rings (SSSR count). The second-order valence-electron chi connectivity index (χ2n) is 5.57. The number of aryl methyl sites for hydroxylation is 1. The SMILES string of the molecule is CC(C)CNCCCCn1cnc2ccccc2c1=O. The fourth-order valence-corrected chi connectivity index (χ4v) is 2.19. The van der Waals surface area contributed by atoms with Crippen LogP contribution < -0.4 is 10.9 Å². The van der Waals surface area contributed by atoms with Crippen molar-refractivity contribution in [3.63, 3.8) is 0 Å². The molecular formula is C16H23N3O. The molecular weight excluding hydrogens is 250 g/mol. The summed E-state index contributed by atoms with van der Waals surface area (Å²) in [6, 6.07) is 7.49. The zero-order valence-electron chi connectivity index (χ0n) is 12.3. The predicted octanol–water partition coefficient (Wildman–Crippen LogP) is 2.42. The highest BCUT2D eigenvalue weighted by atomic mass is 16.1. The van der Waals surface area contributed by atoms with Gasteiger partial charge in [0.2, 0.25) is 0 Å². The van der Waals surface area contributed by atoms with Gasteiger partial charge in [0, 0.05) is 6.54 Å². The average Bonchev–Trinajstić information content (AvgIpc) is 2.45. The third-order valence-electron chi connectivity index (χ3n) is 3.29. The number of para-hydroxylation sites is 1. The van der Waals surface area contributed by atoms with Gasteiger partial charge in [-0.3, -0.25) is 9.36 Å². The highest BCUT2D eigenvalue weighted by Crippen LogP contribution is 2.05. The van der Waals surface area contributed by atoms with Crippen molar-refractivity contribution in [1.29, 1.82) is 0 Å². The van der Waals surface area contributed by atoms with Crippen LogP contribution in [0.2, 0.25) is 0 Å². The Morgan fingerprint density at radius 1 is 1.25 bits per heavy atom. The lowest BCUT2D eigenvalue weighted by molar-refractivity contribution is 0.515. The monoisotopic (exact) mass is 273 g/mol. The van der Waals surface area contributed by atoms with E-state index in [0.717, 1.165) is 38.0 Å². The summed E-state index contributed by atoms with van der Waals surface area (Å²) in [7, 11) is 0. The molecule has 1 heterocycles. The van der Waals surface area contributed by atoms with Gasteiger partial charge in [0.15, 0.2) is 0 Å². The second kappa shape index (κ2) is 7.20. The summed E-state index contributed by atoms with van der Waals surface area (Å²) < 4.78 is 1.71. The lowest BCUT2D eigenvalue weighted by Gasteiger charge is -2.08. The van der Waals surface area contributed by atoms with Crippen molar-refractivity contribution in [3.05, 3.63) is 40.9 Å². The molecule has 0 saturated carbocycles. The Hall–Kier alpha value is -1.68. The molecule has 0 fully saturated rings. The van der Waals surface area contributed by atoms with E-state index >= 15 is 0 Å². The van der Waals surface area contributed by atoms with Crippen molar-refractivity contribution in [2.24, 2.45) is 5.92 Å². The molecule has 0 bridgehead atoms. The number of nitrogens with one attached hydrogen (secondary N) is 1. The number of hydrogen-bond donors (Lipinski definition) is 1. The van der Waals surface area contributed by atoms with Crippen LogP contribution in [0.4, 0.5) is 0 Å². The molecule has 0 saturated heterocycles. The highest BCUT2D eigenvalue weighted by Gasteiger charge is 2.02. The minimum Gasteiger partial charge on any atom is -0.316 e. The third-order valence-corrected chi connectivity index (χ3v) is 3.29. The van der Waals surface area contributed by atoms with E-state index in [-0.39, 0.29) is 5.56 Å². The van der Waals surface area contributed by atoms with Gasteiger partial charge in [0.1, 0.15) is 0 Å². The Morgan fingerprint density at radius 3 is 2.85 bits per heavy atom. The van der Waals surface area contributed by atoms with Crippen LogP contribution in [-0.2, 0) is 6.54 Å². The molecule has 108 valence electrons. The first kappa shape index (κ1) is 14.7. The van der Waals surface area contributed by atoms with Gasteiger partial charge in [0.25, 0.3) is 5.56 Å². The van der Waals surface area contributed by atoms with E-state index in [1.54, 1.807) is 10.9 Å². The first-order valence-corrected chi connectivity index (χ1v) is 7.33. The number of fused-ring (bicyclic) bond motifs is 1. The Bertz CT molecular complexity index is 604. The first-order valence-electron chi connectivity index (χ1n) is 7.33. The van der Waals surface area contributed by atoms with E-state index in [2.05, 4.69) is 24.1 Å². The van der Waals surface area contributed by atoms with E-state index in [1.807, 2.05) is 24.3 Å². The number of aromatic nitrogens is 2. The Balaban J connectivity index is 1.87. The number of benzene rings is 1. The molecule has 0 spiro atoms. The van der Waals surface area contributed by atoms with Gasteiger partial charge in [-0.05, 0) is 44.0 Å². The molecule has 0 atom stereocenters. The topological polar surface area (TPSA) is 46.9 Å². The van der Waals surface area contributed by atoms with Crippen LogP contribution in [0.15, 0.2) is 35.4 Å². The molecule has 0 radical (unpaired) electrons. The fraction of sp³-hybridized carbons (Fsp3) is 0.500. The Kier molecular flexibility index (Phi) is 5.30. The van der Waals surface area contributed by atoms with Crippen molar-refractivity contribution < 1.29 is 0 Å². The molecule has 2 aromatic rings. The number of rotatable bonds is 7. The van der Waals surface area contributed by atoms with Crippen LogP contribution in [0, 0.1) is 5.92 Å². The molecule has 0 unspecified atom stereocenters. The summed E-state index contributed by atoms with van der Waals surface area (Å²) in [4.78, 5) is 16.6. The zero-order chi connectivity index (χ0) is 14.4. The molecule has 0 aliphatic heterocycles. The highest BCUT2D eigenvalue weighted by molar-refractivity contribution is 5.76. The number of unbranched alkanes of at least 4 members (excludes halogenated alkanes) is 1. The normalized spacial score (nSPS) is 11.3. The van der Waals surface area contributed by atoms with Gasteiger partial charge in [-0.15, -0.1) is 0 Å². The maximum atomic E-state index is 12.2. The van der Waals surface area contributed by atoms with Gasteiger partial charge in [0.05, 0.1) is 17.2 Å². The molecule has 1 N–H and O–H groups in total. The zero-order valence-corrected chi connectivity index (χ0v) is 12.3. The minimum absolute atomic E-state index is 0.0609. The van der Waals surface area contributed by atoms with Crippen LogP contribution in [0.1, 0.15) is 26.7 Å². The molecule has 0 aliphatic rings. The predicted molar refractivity (Wildman–Crippen MR) is 82.9 cm³/mol. The smallest absolute Gasteiger partial charge is 0.261 e. The summed E-state index contributed by atoms with van der Waals surface area (Å²) in [6.45, 7) is 7.20. The van der Waals surface area contributed by atoms with Crippen LogP contribution in [-0.4, -0.2) is 22.6 Å². The van der Waals surface area contributed by atoms with Gasteiger partial charge in [-0.2, -0.15) is 0 Å². The van der Waals surface area contributed by atoms with Crippen LogP contribution in [0.5, 0.6) is 0 Å². The fourth-order valence-electron chi connectivity index (χ4n) is 2.19. The van der Waals surface area contributed by atoms with E-state index < -0.39 is 0 Å². The molecule has 20 heavy (non-hydrogen) atoms. The standard InChI is InChI=1S/C16H23N3O/c1-13(2)11-17-9-5-6-10-19-12-18-15-8-4-3-7-14(15)16(19)20/h3-4,7-8,12-13,17H,5-6,9-11H2,1-2H3. The number of nitrogens with zero attached hydrogens (tertiary/aromatic N) is 2. The second-order valence-corrected chi connectivity index (χ2v) is 5.57. The van der Waals surface area contributed by atoms with Gasteiger partial charge in [-0.25, -0.2) is 4.98 Å². The first-order chi connectivity index (χ1) is 9.68. The van der Waals surface area contributed by atoms with Crippen molar-refractivity contribution >= 4 is 10.9 Å². The molecule has 0 aliphatic carbocycles. The molecule has 4 heteroatoms. The summed E-state index contributed by atoms with van der Waals surface area (Å²) in [6.07, 6.45) is 3.73. The molecule has 1 aromatic heterocycles. The van der Waals surface area contributed by atoms with E-state index in [0.29, 0.717) is 11.3 Å². The van der Waals surface area contributed by atoms with E-state index in [4.69, 9.17) is 0 Å². The maximum Gasteiger partial charge on any atom is 0.261 e. The van der Waals surface area contributed by atoms with Gasteiger partial charge < -0.3 is 5.32 Å². The van der Waals surface area contributed by atoms with Crippen molar-refractivity contribution in [1.82, 2.24) is 14.9 Å². The lowest BCUT2D eigenvalue weighted by Crippen LogP contribution is -2.23. The lowest BCUT2D eigenvalue weighted by atomic mass is 10.2. The van der Waals surface area contributed by atoms with E-state index in [1.165, 1.54) is 0 Å².